The van der Waals surface area contributed by atoms with Gasteiger partial charge >= 0.3 is 21.2 Å². The molecule has 0 aromatic heterocycles. The van der Waals surface area contributed by atoms with E-state index < -0.39 is 33.1 Å². The summed E-state index contributed by atoms with van der Waals surface area (Å²) < 4.78 is 21.6. The van der Waals surface area contributed by atoms with Gasteiger partial charge in [0, 0.05) is 13.0 Å². The number of carbonyl (C=O) groups is 1. The summed E-state index contributed by atoms with van der Waals surface area (Å²) in [6, 6.07) is 0. The van der Waals surface area contributed by atoms with Gasteiger partial charge < -0.3 is 30.0 Å². The lowest BCUT2D eigenvalue weighted by atomic mass is 10.3. The van der Waals surface area contributed by atoms with E-state index in [9.17, 15) is 13.9 Å². The van der Waals surface area contributed by atoms with Gasteiger partial charge in [0.25, 0.3) is 0 Å². The van der Waals surface area contributed by atoms with Crippen LogP contribution in [-0.4, -0.2) is 49.1 Å². The Morgan fingerprint density at radius 3 is 1.94 bits per heavy atom. The van der Waals surface area contributed by atoms with Gasteiger partial charge in [-0.3, -0.25) is 13.9 Å². The molecular formula is C6H15NO8P2. The van der Waals surface area contributed by atoms with Crippen molar-refractivity contribution in [2.45, 2.75) is 18.2 Å². The van der Waals surface area contributed by atoms with Crippen LogP contribution in [0.25, 0.3) is 0 Å². The molecule has 0 saturated heterocycles. The molecule has 0 amide bonds. The second kappa shape index (κ2) is 6.61. The first-order chi connectivity index (χ1) is 7.55. The van der Waals surface area contributed by atoms with Crippen molar-refractivity contribution in [2.24, 2.45) is 0 Å². The van der Waals surface area contributed by atoms with Crippen molar-refractivity contribution in [1.82, 2.24) is 5.32 Å². The van der Waals surface area contributed by atoms with Crippen molar-refractivity contribution in [3.63, 3.8) is 0 Å². The highest BCUT2D eigenvalue weighted by Gasteiger charge is 2.42. The molecule has 9 nitrogen and oxygen atoms in total. The van der Waals surface area contributed by atoms with Gasteiger partial charge in [-0.1, -0.05) is 0 Å². The van der Waals surface area contributed by atoms with Crippen LogP contribution in [0.15, 0.2) is 0 Å². The van der Waals surface area contributed by atoms with Crippen LogP contribution in [0, 0.1) is 0 Å². The standard InChI is InChI=1S/C6H15NO8P2/c8-5(9)2-1-3-7-4-6(16(10,11)12)17(13,14)15/h6-7H,1-4H2,(H,8,9)(H2,10,11,12)(H2,13,14,15). The minimum Gasteiger partial charge on any atom is -0.481 e. The summed E-state index contributed by atoms with van der Waals surface area (Å²) in [5.74, 6) is -1.02. The lowest BCUT2D eigenvalue weighted by Crippen LogP contribution is -2.28. The Bertz CT molecular complexity index is 324. The Kier molecular flexibility index (Phi) is 6.50. The maximum absolute atomic E-state index is 10.8. The van der Waals surface area contributed by atoms with Gasteiger partial charge in [0.2, 0.25) is 0 Å². The van der Waals surface area contributed by atoms with Gasteiger partial charge in [-0.2, -0.15) is 0 Å². The molecule has 0 aromatic carbocycles. The van der Waals surface area contributed by atoms with Crippen molar-refractivity contribution >= 4 is 21.2 Å². The van der Waals surface area contributed by atoms with Crippen LogP contribution in [0.2, 0.25) is 0 Å². The van der Waals surface area contributed by atoms with E-state index in [4.69, 9.17) is 24.7 Å². The predicted molar refractivity (Wildman–Crippen MR) is 57.6 cm³/mol. The quantitative estimate of drug-likeness (QED) is 0.246. The topological polar surface area (TPSA) is 164 Å². The summed E-state index contributed by atoms with van der Waals surface area (Å²) >= 11 is 0. The molecule has 0 aromatic rings. The third-order valence-electron chi connectivity index (χ3n) is 1.85. The molecule has 0 fully saturated rings. The van der Waals surface area contributed by atoms with E-state index in [1.807, 2.05) is 0 Å². The smallest absolute Gasteiger partial charge is 0.342 e. The molecule has 0 rings (SSSR count). The fourth-order valence-electron chi connectivity index (χ4n) is 1.03. The summed E-state index contributed by atoms with van der Waals surface area (Å²) in [5, 5.41) is 8.61. The van der Waals surface area contributed by atoms with E-state index in [1.165, 1.54) is 0 Å². The monoisotopic (exact) mass is 291 g/mol. The van der Waals surface area contributed by atoms with Gasteiger partial charge in [-0.15, -0.1) is 0 Å². The molecule has 0 aliphatic heterocycles. The number of carboxylic acid groups (broad SMARTS) is 1. The van der Waals surface area contributed by atoms with Crippen LogP contribution in [0.4, 0.5) is 0 Å². The molecular weight excluding hydrogens is 276 g/mol. The predicted octanol–water partition coefficient (Wildman–Crippen LogP) is -0.878. The van der Waals surface area contributed by atoms with Gasteiger partial charge in [-0.25, -0.2) is 0 Å². The van der Waals surface area contributed by atoms with Crippen LogP contribution < -0.4 is 5.32 Å². The molecule has 0 radical (unpaired) electrons. The molecule has 0 unspecified atom stereocenters. The second-order valence-corrected chi connectivity index (χ2v) is 7.37. The molecule has 0 atom stereocenters. The average Bonchev–Trinajstić information content (AvgIpc) is 2.05. The molecule has 0 spiro atoms. The normalized spacial score (nSPS) is 13.0. The average molecular weight is 291 g/mol. The van der Waals surface area contributed by atoms with Crippen molar-refractivity contribution in [1.29, 1.82) is 0 Å². The highest BCUT2D eigenvalue weighted by atomic mass is 31.2. The lowest BCUT2D eigenvalue weighted by molar-refractivity contribution is -0.137. The van der Waals surface area contributed by atoms with Crippen LogP contribution in [0.3, 0.4) is 0 Å². The zero-order chi connectivity index (χ0) is 13.7. The van der Waals surface area contributed by atoms with E-state index in [-0.39, 0.29) is 19.4 Å². The van der Waals surface area contributed by atoms with Crippen LogP contribution >= 0.6 is 15.2 Å². The van der Waals surface area contributed by atoms with Crippen LogP contribution in [0.1, 0.15) is 12.8 Å². The molecule has 6 N–H and O–H groups in total. The molecule has 17 heavy (non-hydrogen) atoms. The summed E-state index contributed by atoms with van der Waals surface area (Å²) in [7, 11) is -9.81. The zero-order valence-corrected chi connectivity index (χ0v) is 10.5. The zero-order valence-electron chi connectivity index (χ0n) is 8.76. The van der Waals surface area contributed by atoms with E-state index in [0.717, 1.165) is 0 Å². The SMILES string of the molecule is O=C(O)CCCNCC(P(=O)(O)O)P(=O)(O)O. The van der Waals surface area contributed by atoms with Gasteiger partial charge in [-0.05, 0) is 13.0 Å². The van der Waals surface area contributed by atoms with Crippen molar-refractivity contribution in [2.75, 3.05) is 13.1 Å². The van der Waals surface area contributed by atoms with Crippen molar-refractivity contribution < 1.29 is 38.6 Å². The Morgan fingerprint density at radius 1 is 1.12 bits per heavy atom. The highest BCUT2D eigenvalue weighted by Crippen LogP contribution is 2.59. The number of carboxylic acids is 1. The fourth-order valence-corrected chi connectivity index (χ4v) is 3.33. The van der Waals surface area contributed by atoms with Gasteiger partial charge in [0.1, 0.15) is 0 Å². The Labute approximate surface area is 97.2 Å². The molecule has 0 saturated carbocycles. The summed E-state index contributed by atoms with van der Waals surface area (Å²) in [6.07, 6.45) is 0.0634. The maximum atomic E-state index is 10.8. The Hall–Kier alpha value is -0.270. The number of rotatable bonds is 8. The fraction of sp³-hybridized carbons (Fsp3) is 0.833. The largest absolute Gasteiger partial charge is 0.481 e. The minimum atomic E-state index is -4.91. The van der Waals surface area contributed by atoms with Crippen molar-refractivity contribution in [3.05, 3.63) is 0 Å². The first kappa shape index (κ1) is 16.7. The summed E-state index contributed by atoms with van der Waals surface area (Å²) in [5.41, 5.74) is 0. The molecule has 0 bridgehead atoms. The summed E-state index contributed by atoms with van der Waals surface area (Å²) in [6.45, 7) is -0.475. The van der Waals surface area contributed by atoms with E-state index >= 15 is 0 Å². The van der Waals surface area contributed by atoms with Gasteiger partial charge in [0.15, 0.2) is 5.40 Å². The second-order valence-electron chi connectivity index (χ2n) is 3.36. The minimum absolute atomic E-state index is 0.100. The number of aliphatic carboxylic acids is 1. The van der Waals surface area contributed by atoms with E-state index in [1.54, 1.807) is 0 Å². The summed E-state index contributed by atoms with van der Waals surface area (Å²) in [4.78, 5) is 45.1. The third-order valence-corrected chi connectivity index (χ3v) is 5.57. The lowest BCUT2D eigenvalue weighted by Gasteiger charge is -2.19. The first-order valence-electron chi connectivity index (χ1n) is 4.58. The number of hydrogen-bond donors (Lipinski definition) is 6. The highest BCUT2D eigenvalue weighted by molar-refractivity contribution is 7.70. The number of nitrogens with one attached hydrogen (secondary N) is 1. The van der Waals surface area contributed by atoms with Crippen molar-refractivity contribution in [3.8, 4) is 0 Å². The first-order valence-corrected chi connectivity index (χ1v) is 7.94. The molecule has 0 aliphatic carbocycles. The Balaban J connectivity index is 4.18. The van der Waals surface area contributed by atoms with Crippen LogP contribution in [0.5, 0.6) is 0 Å². The van der Waals surface area contributed by atoms with Crippen LogP contribution in [-0.2, 0) is 13.9 Å². The molecule has 102 valence electrons. The third kappa shape index (κ3) is 7.62. The molecule has 0 heterocycles. The molecule has 0 aliphatic rings. The molecule has 11 heteroatoms. The van der Waals surface area contributed by atoms with E-state index in [0.29, 0.717) is 0 Å². The Morgan fingerprint density at radius 2 is 1.59 bits per heavy atom. The van der Waals surface area contributed by atoms with E-state index in [2.05, 4.69) is 5.32 Å². The number of hydrogen-bond acceptors (Lipinski definition) is 4. The van der Waals surface area contributed by atoms with Gasteiger partial charge in [0.05, 0.1) is 0 Å². The maximum Gasteiger partial charge on any atom is 0.342 e.